The van der Waals surface area contributed by atoms with Crippen LogP contribution in [-0.4, -0.2) is 55.0 Å². The predicted octanol–water partition coefficient (Wildman–Crippen LogP) is -0.101. The van der Waals surface area contributed by atoms with Crippen molar-refractivity contribution in [1.29, 1.82) is 0 Å². The van der Waals surface area contributed by atoms with Gasteiger partial charge in [-0.25, -0.2) is 18.1 Å². The van der Waals surface area contributed by atoms with E-state index in [-0.39, 0.29) is 29.3 Å². The van der Waals surface area contributed by atoms with E-state index < -0.39 is 10.0 Å². The van der Waals surface area contributed by atoms with E-state index >= 15 is 0 Å². The van der Waals surface area contributed by atoms with Crippen molar-refractivity contribution in [3.63, 3.8) is 0 Å². The first-order chi connectivity index (χ1) is 12.4. The van der Waals surface area contributed by atoms with Crippen molar-refractivity contribution in [3.05, 3.63) is 48.4 Å². The molecule has 0 aliphatic carbocycles. The number of nitrogens with two attached hydrogens (primary N) is 1. The van der Waals surface area contributed by atoms with Gasteiger partial charge in [-0.3, -0.25) is 4.79 Å². The zero-order valence-electron chi connectivity index (χ0n) is 14.6. The third-order valence-electron chi connectivity index (χ3n) is 4.69. The Morgan fingerprint density at radius 3 is 2.65 bits per heavy atom. The first-order valence-electron chi connectivity index (χ1n) is 8.41. The molecule has 3 N–H and O–H groups in total. The number of hydrogen-bond acceptors (Lipinski definition) is 5. The Hall–Kier alpha value is -2.23. The topological polar surface area (TPSA) is 110 Å². The van der Waals surface area contributed by atoms with Gasteiger partial charge in [-0.2, -0.15) is 0 Å². The van der Waals surface area contributed by atoms with Gasteiger partial charge in [0, 0.05) is 32.3 Å². The molecule has 0 saturated carbocycles. The van der Waals surface area contributed by atoms with E-state index in [0.29, 0.717) is 19.6 Å². The number of hydrogen-bond donors (Lipinski definition) is 2. The SMILES string of the molecule is Cn1cnc(S(=O)(=O)NCC(=O)N2C[C@@H](CN)[C@H](c3ccccc3)C2)c1. The monoisotopic (exact) mass is 377 g/mol. The lowest BCUT2D eigenvalue weighted by molar-refractivity contribution is -0.129. The Labute approximate surface area is 153 Å². The summed E-state index contributed by atoms with van der Waals surface area (Å²) >= 11 is 0. The van der Waals surface area contributed by atoms with Gasteiger partial charge in [0.2, 0.25) is 5.91 Å². The van der Waals surface area contributed by atoms with E-state index in [4.69, 9.17) is 5.73 Å². The maximum atomic E-state index is 12.5. The fourth-order valence-electron chi connectivity index (χ4n) is 3.26. The quantitative estimate of drug-likeness (QED) is 0.730. The molecule has 1 aromatic heterocycles. The molecular formula is C17H23N5O3S. The molecule has 1 aliphatic rings. The molecule has 2 atom stereocenters. The summed E-state index contributed by atoms with van der Waals surface area (Å²) in [6.45, 7) is 1.25. The Kier molecular flexibility index (Phi) is 5.40. The molecule has 140 valence electrons. The highest BCUT2D eigenvalue weighted by Crippen LogP contribution is 2.31. The van der Waals surface area contributed by atoms with Crippen LogP contribution in [0.4, 0.5) is 0 Å². The molecular weight excluding hydrogens is 354 g/mol. The molecule has 1 saturated heterocycles. The Morgan fingerprint density at radius 1 is 1.31 bits per heavy atom. The van der Waals surface area contributed by atoms with Gasteiger partial charge >= 0.3 is 0 Å². The van der Waals surface area contributed by atoms with Gasteiger partial charge in [0.25, 0.3) is 10.0 Å². The van der Waals surface area contributed by atoms with Crippen LogP contribution in [0.25, 0.3) is 0 Å². The summed E-state index contributed by atoms with van der Waals surface area (Å²) in [5.74, 6) is 0.0627. The van der Waals surface area contributed by atoms with Crippen LogP contribution >= 0.6 is 0 Å². The molecule has 8 nitrogen and oxygen atoms in total. The number of sulfonamides is 1. The number of imidazole rings is 1. The van der Waals surface area contributed by atoms with Crippen LogP contribution in [-0.2, 0) is 21.9 Å². The summed E-state index contributed by atoms with van der Waals surface area (Å²) in [6, 6.07) is 9.95. The van der Waals surface area contributed by atoms with E-state index in [1.54, 1.807) is 11.9 Å². The zero-order valence-corrected chi connectivity index (χ0v) is 15.4. The maximum Gasteiger partial charge on any atom is 0.260 e. The second-order valence-electron chi connectivity index (χ2n) is 6.51. The van der Waals surface area contributed by atoms with Crippen LogP contribution in [0.3, 0.4) is 0 Å². The molecule has 1 aromatic carbocycles. The van der Waals surface area contributed by atoms with Crippen molar-refractivity contribution in [1.82, 2.24) is 19.2 Å². The van der Waals surface area contributed by atoms with E-state index in [1.807, 2.05) is 30.3 Å². The van der Waals surface area contributed by atoms with Crippen molar-refractivity contribution in [2.75, 3.05) is 26.2 Å². The first-order valence-corrected chi connectivity index (χ1v) is 9.89. The Morgan fingerprint density at radius 2 is 2.04 bits per heavy atom. The highest BCUT2D eigenvalue weighted by Gasteiger charge is 2.35. The molecule has 0 spiro atoms. The molecule has 26 heavy (non-hydrogen) atoms. The van der Waals surface area contributed by atoms with Crippen LogP contribution < -0.4 is 10.5 Å². The number of carbonyl (C=O) groups is 1. The van der Waals surface area contributed by atoms with Crippen LogP contribution in [0.5, 0.6) is 0 Å². The molecule has 1 aliphatic heterocycles. The smallest absolute Gasteiger partial charge is 0.260 e. The highest BCUT2D eigenvalue weighted by atomic mass is 32.2. The number of benzene rings is 1. The van der Waals surface area contributed by atoms with Gasteiger partial charge in [0.15, 0.2) is 5.03 Å². The number of likely N-dealkylation sites (tertiary alicyclic amines) is 1. The summed E-state index contributed by atoms with van der Waals surface area (Å²) in [4.78, 5) is 18.0. The fraction of sp³-hybridized carbons (Fsp3) is 0.412. The first kappa shape index (κ1) is 18.6. The summed E-state index contributed by atoms with van der Waals surface area (Å²) in [5.41, 5.74) is 7.03. The van der Waals surface area contributed by atoms with Gasteiger partial charge in [0.1, 0.15) is 0 Å². The van der Waals surface area contributed by atoms with Crippen molar-refractivity contribution >= 4 is 15.9 Å². The number of nitrogens with zero attached hydrogens (tertiary/aromatic N) is 3. The fourth-order valence-corrected chi connectivity index (χ4v) is 4.21. The summed E-state index contributed by atoms with van der Waals surface area (Å²) in [6.07, 6.45) is 2.78. The van der Waals surface area contributed by atoms with Gasteiger partial charge < -0.3 is 15.2 Å². The van der Waals surface area contributed by atoms with Gasteiger partial charge in [0.05, 0.1) is 12.9 Å². The second kappa shape index (κ2) is 7.56. The lowest BCUT2D eigenvalue weighted by Crippen LogP contribution is -2.39. The number of nitrogens with one attached hydrogen (secondary N) is 1. The Balaban J connectivity index is 1.63. The van der Waals surface area contributed by atoms with E-state index in [9.17, 15) is 13.2 Å². The molecule has 0 unspecified atom stereocenters. The highest BCUT2D eigenvalue weighted by molar-refractivity contribution is 7.89. The average molecular weight is 377 g/mol. The van der Waals surface area contributed by atoms with Crippen molar-refractivity contribution in [2.24, 2.45) is 18.7 Å². The summed E-state index contributed by atoms with van der Waals surface area (Å²) in [5, 5.41) is -0.101. The standard InChI is InChI=1S/C17H23N5O3S/c1-21-11-16(19-12-21)26(24,25)20-8-17(23)22-9-14(7-18)15(10-22)13-5-3-2-4-6-13/h2-6,11-12,14-15,20H,7-10,18H2,1H3/t14-,15+/m1/s1. The van der Waals surface area contributed by atoms with E-state index in [0.717, 1.165) is 5.56 Å². The number of carbonyl (C=O) groups excluding carboxylic acids is 1. The minimum atomic E-state index is -3.80. The Bertz CT molecular complexity index is 866. The van der Waals surface area contributed by atoms with E-state index in [1.165, 1.54) is 17.1 Å². The lowest BCUT2D eigenvalue weighted by atomic mass is 9.89. The molecule has 3 rings (SSSR count). The largest absolute Gasteiger partial charge is 0.341 e. The van der Waals surface area contributed by atoms with Crippen LogP contribution in [0.2, 0.25) is 0 Å². The minimum Gasteiger partial charge on any atom is -0.341 e. The van der Waals surface area contributed by atoms with Crippen LogP contribution in [0.1, 0.15) is 11.5 Å². The summed E-state index contributed by atoms with van der Waals surface area (Å²) in [7, 11) is -2.12. The van der Waals surface area contributed by atoms with Gasteiger partial charge in [-0.1, -0.05) is 30.3 Å². The number of aryl methyl sites for hydroxylation is 1. The molecule has 0 bridgehead atoms. The number of aromatic nitrogens is 2. The minimum absolute atomic E-state index is 0.101. The molecule has 9 heteroatoms. The molecule has 1 fully saturated rings. The summed E-state index contributed by atoms with van der Waals surface area (Å²) < 4.78 is 28.2. The van der Waals surface area contributed by atoms with Crippen LogP contribution in [0.15, 0.2) is 47.9 Å². The molecule has 2 heterocycles. The molecule has 0 radical (unpaired) electrons. The maximum absolute atomic E-state index is 12.5. The average Bonchev–Trinajstić information content (AvgIpc) is 3.27. The normalized spacial score (nSPS) is 20.5. The van der Waals surface area contributed by atoms with E-state index in [2.05, 4.69) is 9.71 Å². The van der Waals surface area contributed by atoms with Crippen molar-refractivity contribution < 1.29 is 13.2 Å². The van der Waals surface area contributed by atoms with Gasteiger partial charge in [-0.15, -0.1) is 0 Å². The van der Waals surface area contributed by atoms with Crippen molar-refractivity contribution in [3.8, 4) is 0 Å². The number of amides is 1. The number of rotatable bonds is 6. The third kappa shape index (κ3) is 3.95. The molecule has 1 amide bonds. The third-order valence-corrected chi connectivity index (χ3v) is 5.98. The second-order valence-corrected chi connectivity index (χ2v) is 8.23. The predicted molar refractivity (Wildman–Crippen MR) is 96.7 cm³/mol. The van der Waals surface area contributed by atoms with Crippen molar-refractivity contribution in [2.45, 2.75) is 10.9 Å². The molecule has 2 aromatic rings. The van der Waals surface area contributed by atoms with Gasteiger partial charge in [-0.05, 0) is 18.0 Å². The lowest BCUT2D eigenvalue weighted by Gasteiger charge is -2.17. The zero-order chi connectivity index (χ0) is 18.7. The van der Waals surface area contributed by atoms with Crippen LogP contribution in [0, 0.1) is 5.92 Å².